The minimum atomic E-state index is -0.323. The van der Waals surface area contributed by atoms with Crippen LogP contribution in [0.1, 0.15) is 52.9 Å². The average Bonchev–Trinajstić information content (AvgIpc) is 2.93. The maximum absolute atomic E-state index is 13.0. The van der Waals surface area contributed by atoms with Crippen LogP contribution in [0.2, 0.25) is 0 Å². The molecule has 112 valence electrons. The molecule has 0 radical (unpaired) electrons. The third-order valence-corrected chi connectivity index (χ3v) is 4.44. The van der Waals surface area contributed by atoms with E-state index in [1.54, 1.807) is 7.11 Å². The molecule has 0 aromatic heterocycles. The van der Waals surface area contributed by atoms with E-state index in [2.05, 4.69) is 26.1 Å². The van der Waals surface area contributed by atoms with Crippen molar-refractivity contribution in [1.82, 2.24) is 10.2 Å². The molecule has 4 heteroatoms. The smallest absolute Gasteiger partial charge is 0.243 e. The van der Waals surface area contributed by atoms with Gasteiger partial charge in [-0.15, -0.1) is 0 Å². The number of amides is 1. The molecule has 1 unspecified atom stereocenters. The lowest BCUT2D eigenvalue weighted by Gasteiger charge is -2.38. The first-order valence-electron chi connectivity index (χ1n) is 7.70. The Morgan fingerprint density at radius 1 is 1.37 bits per heavy atom. The highest BCUT2D eigenvalue weighted by molar-refractivity contribution is 5.87. The van der Waals surface area contributed by atoms with E-state index in [1.165, 1.54) is 0 Å². The number of carbonyl (C=O) groups excluding carboxylic acids is 1. The molecular weight excluding hydrogens is 240 g/mol. The maximum Gasteiger partial charge on any atom is 0.243 e. The van der Waals surface area contributed by atoms with Gasteiger partial charge in [0.1, 0.15) is 0 Å². The van der Waals surface area contributed by atoms with Crippen molar-refractivity contribution < 1.29 is 9.53 Å². The van der Waals surface area contributed by atoms with Crippen molar-refractivity contribution in [2.45, 2.75) is 64.5 Å². The maximum atomic E-state index is 13.0. The molecule has 1 fully saturated rings. The van der Waals surface area contributed by atoms with E-state index in [-0.39, 0.29) is 11.4 Å². The van der Waals surface area contributed by atoms with Crippen LogP contribution in [0.15, 0.2) is 0 Å². The van der Waals surface area contributed by atoms with Crippen molar-refractivity contribution in [2.24, 2.45) is 0 Å². The van der Waals surface area contributed by atoms with Crippen LogP contribution in [0.4, 0.5) is 0 Å². The lowest BCUT2D eigenvalue weighted by atomic mass is 9.91. The molecule has 1 rings (SSSR count). The predicted octanol–water partition coefficient (Wildman–Crippen LogP) is 2.18. The summed E-state index contributed by atoms with van der Waals surface area (Å²) in [5.41, 5.74) is -0.323. The minimum Gasteiger partial charge on any atom is -0.383 e. The molecule has 1 heterocycles. The summed E-state index contributed by atoms with van der Waals surface area (Å²) in [5.74, 6) is 0.276. The van der Waals surface area contributed by atoms with Gasteiger partial charge in [-0.3, -0.25) is 4.79 Å². The number of hydrogen-bond acceptors (Lipinski definition) is 3. The first-order chi connectivity index (χ1) is 9.15. The van der Waals surface area contributed by atoms with Gasteiger partial charge >= 0.3 is 0 Å². The monoisotopic (exact) mass is 270 g/mol. The van der Waals surface area contributed by atoms with E-state index in [1.807, 2.05) is 4.90 Å². The molecule has 1 aliphatic rings. The summed E-state index contributed by atoms with van der Waals surface area (Å²) < 4.78 is 5.18. The van der Waals surface area contributed by atoms with Gasteiger partial charge in [-0.25, -0.2) is 0 Å². The summed E-state index contributed by atoms with van der Waals surface area (Å²) in [5, 5.41) is 3.45. The third-order valence-electron chi connectivity index (χ3n) is 4.44. The average molecular weight is 270 g/mol. The molecule has 0 bridgehead atoms. The number of nitrogens with one attached hydrogen (secondary N) is 1. The molecule has 0 aromatic carbocycles. The second kappa shape index (κ2) is 7.85. The number of carbonyl (C=O) groups is 1. The van der Waals surface area contributed by atoms with Gasteiger partial charge in [-0.1, -0.05) is 20.8 Å². The highest BCUT2D eigenvalue weighted by atomic mass is 16.5. The Kier molecular flexibility index (Phi) is 6.80. The number of nitrogens with zero attached hydrogens (tertiary/aromatic N) is 1. The van der Waals surface area contributed by atoms with Gasteiger partial charge < -0.3 is 15.0 Å². The lowest BCUT2D eigenvalue weighted by Crippen LogP contribution is -2.57. The summed E-state index contributed by atoms with van der Waals surface area (Å²) in [7, 11) is 1.69. The Hall–Kier alpha value is -0.610. The molecule has 19 heavy (non-hydrogen) atoms. The van der Waals surface area contributed by atoms with Crippen LogP contribution in [0.25, 0.3) is 0 Å². The molecule has 0 aromatic rings. The Labute approximate surface area is 117 Å². The molecule has 1 N–H and O–H groups in total. The van der Waals surface area contributed by atoms with E-state index < -0.39 is 0 Å². The number of hydrogen-bond donors (Lipinski definition) is 1. The molecule has 1 amide bonds. The molecule has 0 aliphatic carbocycles. The van der Waals surface area contributed by atoms with Gasteiger partial charge in [0, 0.05) is 19.7 Å². The van der Waals surface area contributed by atoms with Crippen LogP contribution < -0.4 is 5.32 Å². The van der Waals surface area contributed by atoms with E-state index >= 15 is 0 Å². The Balaban J connectivity index is 2.85. The fourth-order valence-electron chi connectivity index (χ4n) is 3.09. The summed E-state index contributed by atoms with van der Waals surface area (Å²) in [6.45, 7) is 8.69. The molecular formula is C15H30N2O2. The second-order valence-corrected chi connectivity index (χ2v) is 5.43. The van der Waals surface area contributed by atoms with Crippen LogP contribution in [-0.2, 0) is 9.53 Å². The first-order valence-corrected chi connectivity index (χ1v) is 7.70. The summed E-state index contributed by atoms with van der Waals surface area (Å²) >= 11 is 0. The zero-order valence-corrected chi connectivity index (χ0v) is 13.0. The Morgan fingerprint density at radius 2 is 2.05 bits per heavy atom. The molecule has 0 saturated carbocycles. The highest BCUT2D eigenvalue weighted by Crippen LogP contribution is 2.27. The largest absolute Gasteiger partial charge is 0.383 e. The first kappa shape index (κ1) is 16.4. The molecule has 0 spiro atoms. The molecule has 1 atom stereocenters. The van der Waals surface area contributed by atoms with Crippen LogP contribution in [0.5, 0.6) is 0 Å². The normalized spacial score (nSPS) is 23.0. The molecule has 1 saturated heterocycles. The number of ether oxygens (including phenoxy) is 1. The SMILES string of the molecule is CCC(CC)N(CCOC)C(=O)C1(CC)CCCN1. The van der Waals surface area contributed by atoms with E-state index in [9.17, 15) is 4.79 Å². The van der Waals surface area contributed by atoms with Gasteiger partial charge in [0.25, 0.3) is 0 Å². The second-order valence-electron chi connectivity index (χ2n) is 5.43. The molecule has 4 nitrogen and oxygen atoms in total. The van der Waals surface area contributed by atoms with E-state index in [4.69, 9.17) is 4.74 Å². The predicted molar refractivity (Wildman–Crippen MR) is 78.2 cm³/mol. The van der Waals surface area contributed by atoms with Crippen molar-refractivity contribution >= 4 is 5.91 Å². The van der Waals surface area contributed by atoms with Crippen LogP contribution in [0, 0.1) is 0 Å². The van der Waals surface area contributed by atoms with Crippen LogP contribution in [0.3, 0.4) is 0 Å². The molecule has 1 aliphatic heterocycles. The van der Waals surface area contributed by atoms with Gasteiger partial charge in [0.15, 0.2) is 0 Å². The number of rotatable bonds is 8. The van der Waals surface area contributed by atoms with Crippen molar-refractivity contribution in [3.05, 3.63) is 0 Å². The van der Waals surface area contributed by atoms with Crippen molar-refractivity contribution in [3.8, 4) is 0 Å². The topological polar surface area (TPSA) is 41.6 Å². The Morgan fingerprint density at radius 3 is 2.47 bits per heavy atom. The quantitative estimate of drug-likeness (QED) is 0.735. The van der Waals surface area contributed by atoms with Gasteiger partial charge in [-0.05, 0) is 38.6 Å². The Bertz CT molecular complexity index is 271. The fraction of sp³-hybridized carbons (Fsp3) is 0.933. The van der Waals surface area contributed by atoms with E-state index in [0.29, 0.717) is 19.2 Å². The summed E-state index contributed by atoms with van der Waals surface area (Å²) in [6, 6.07) is 0.327. The summed E-state index contributed by atoms with van der Waals surface area (Å²) in [6.07, 6.45) is 4.94. The minimum absolute atomic E-state index is 0.276. The van der Waals surface area contributed by atoms with E-state index in [0.717, 1.165) is 38.6 Å². The van der Waals surface area contributed by atoms with Gasteiger partial charge in [0.2, 0.25) is 5.91 Å². The van der Waals surface area contributed by atoms with Crippen molar-refractivity contribution in [3.63, 3.8) is 0 Å². The van der Waals surface area contributed by atoms with Crippen LogP contribution >= 0.6 is 0 Å². The standard InChI is InChI=1S/C15H30N2O2/c1-5-13(6-2)17(11-12-19-4)14(18)15(7-3)9-8-10-16-15/h13,16H,5-12H2,1-4H3. The zero-order chi connectivity index (χ0) is 14.3. The summed E-state index contributed by atoms with van der Waals surface area (Å²) in [4.78, 5) is 15.0. The third kappa shape index (κ3) is 3.69. The number of methoxy groups -OCH3 is 1. The van der Waals surface area contributed by atoms with Crippen molar-refractivity contribution in [2.75, 3.05) is 26.8 Å². The zero-order valence-electron chi connectivity index (χ0n) is 13.0. The lowest BCUT2D eigenvalue weighted by molar-refractivity contribution is -0.141. The fourth-order valence-corrected chi connectivity index (χ4v) is 3.09. The van der Waals surface area contributed by atoms with Crippen LogP contribution in [-0.4, -0.2) is 49.2 Å². The van der Waals surface area contributed by atoms with Crippen molar-refractivity contribution in [1.29, 1.82) is 0 Å². The van der Waals surface area contributed by atoms with Gasteiger partial charge in [-0.2, -0.15) is 0 Å². The highest BCUT2D eigenvalue weighted by Gasteiger charge is 2.42. The van der Waals surface area contributed by atoms with Gasteiger partial charge in [0.05, 0.1) is 12.1 Å².